The second kappa shape index (κ2) is 8.14. The number of hydrogen-bond donors (Lipinski definition) is 0. The Morgan fingerprint density at radius 2 is 1.87 bits per heavy atom. The van der Waals surface area contributed by atoms with Crippen LogP contribution in [0.3, 0.4) is 0 Å². The molecule has 0 atom stereocenters. The van der Waals surface area contributed by atoms with Crippen LogP contribution in [-0.2, 0) is 9.47 Å². The second-order valence-corrected chi connectivity index (χ2v) is 4.57. The molecule has 0 N–H and O–H groups in total. The molecule has 0 saturated carbocycles. The zero-order valence-electron chi connectivity index (χ0n) is 13.4. The molecule has 0 radical (unpaired) electrons. The van der Waals surface area contributed by atoms with Crippen LogP contribution in [0.4, 0.5) is 0 Å². The minimum atomic E-state index is -0.465. The maximum atomic E-state index is 11.8. The number of esters is 1. The normalized spacial score (nSPS) is 10.2. The molecule has 1 aromatic carbocycles. The van der Waals surface area contributed by atoms with E-state index in [2.05, 4.69) is 4.98 Å². The van der Waals surface area contributed by atoms with Gasteiger partial charge in [-0.25, -0.2) is 9.78 Å². The van der Waals surface area contributed by atoms with Crippen LogP contribution in [0.5, 0.6) is 11.6 Å². The lowest BCUT2D eigenvalue weighted by Crippen LogP contribution is -2.07. The summed E-state index contributed by atoms with van der Waals surface area (Å²) in [6.45, 7) is 2.50. The molecule has 2 rings (SSSR count). The number of hydrogen-bond acceptors (Lipinski definition) is 6. The number of methoxy groups -OCH3 is 2. The van der Waals surface area contributed by atoms with Gasteiger partial charge in [0.15, 0.2) is 6.79 Å². The molecule has 6 nitrogen and oxygen atoms in total. The Labute approximate surface area is 135 Å². The second-order valence-electron chi connectivity index (χ2n) is 4.57. The summed E-state index contributed by atoms with van der Waals surface area (Å²) >= 11 is 0. The highest BCUT2D eigenvalue weighted by molar-refractivity contribution is 5.93. The molecule has 0 aliphatic carbocycles. The quantitative estimate of drug-likeness (QED) is 0.578. The van der Waals surface area contributed by atoms with Gasteiger partial charge in [0.05, 0.1) is 13.7 Å². The molecule has 0 amide bonds. The van der Waals surface area contributed by atoms with E-state index in [4.69, 9.17) is 18.9 Å². The molecule has 122 valence electrons. The van der Waals surface area contributed by atoms with Gasteiger partial charge in [-0.15, -0.1) is 0 Å². The smallest absolute Gasteiger partial charge is 0.341 e. The number of aromatic nitrogens is 1. The third-order valence-corrected chi connectivity index (χ3v) is 3.08. The Bertz CT molecular complexity index is 655. The lowest BCUT2D eigenvalue weighted by Gasteiger charge is -2.12. The van der Waals surface area contributed by atoms with E-state index in [1.165, 1.54) is 14.2 Å². The van der Waals surface area contributed by atoms with E-state index in [-0.39, 0.29) is 6.79 Å². The summed E-state index contributed by atoms with van der Waals surface area (Å²) in [5.41, 5.74) is 2.08. The van der Waals surface area contributed by atoms with E-state index in [1.54, 1.807) is 24.4 Å². The zero-order valence-corrected chi connectivity index (χ0v) is 13.4. The van der Waals surface area contributed by atoms with Crippen LogP contribution in [0.15, 0.2) is 36.5 Å². The van der Waals surface area contributed by atoms with E-state index < -0.39 is 5.97 Å². The van der Waals surface area contributed by atoms with Gasteiger partial charge in [-0.3, -0.25) is 0 Å². The number of carbonyl (C=O) groups excluding carboxylic acids is 1. The molecular formula is C17H19NO5. The van der Waals surface area contributed by atoms with Gasteiger partial charge in [0.25, 0.3) is 0 Å². The molecular weight excluding hydrogens is 298 g/mol. The highest BCUT2D eigenvalue weighted by Gasteiger charge is 2.14. The molecule has 2 aromatic rings. The lowest BCUT2D eigenvalue weighted by molar-refractivity contribution is 0.0465. The highest BCUT2D eigenvalue weighted by Crippen LogP contribution is 2.28. The average Bonchev–Trinajstić information content (AvgIpc) is 2.60. The predicted octanol–water partition coefficient (Wildman–Crippen LogP) is 2.92. The van der Waals surface area contributed by atoms with Crippen molar-refractivity contribution < 1.29 is 23.7 Å². The summed E-state index contributed by atoms with van der Waals surface area (Å²) in [6.07, 6.45) is 1.71. The van der Waals surface area contributed by atoms with E-state index in [1.807, 2.05) is 19.1 Å². The number of nitrogens with zero attached hydrogens (tertiary/aromatic N) is 1. The number of pyridine rings is 1. The Kier molecular flexibility index (Phi) is 5.94. The number of carbonyl (C=O) groups is 1. The van der Waals surface area contributed by atoms with Gasteiger partial charge >= 0.3 is 5.97 Å². The molecule has 0 saturated heterocycles. The van der Waals surface area contributed by atoms with E-state index >= 15 is 0 Å². The van der Waals surface area contributed by atoms with Crippen LogP contribution >= 0.6 is 0 Å². The number of benzene rings is 1. The van der Waals surface area contributed by atoms with Gasteiger partial charge < -0.3 is 18.9 Å². The van der Waals surface area contributed by atoms with Crippen LogP contribution in [-0.4, -0.2) is 38.6 Å². The maximum Gasteiger partial charge on any atom is 0.341 e. The topological polar surface area (TPSA) is 66.9 Å². The van der Waals surface area contributed by atoms with Crippen molar-refractivity contribution in [1.29, 1.82) is 0 Å². The first-order chi connectivity index (χ1) is 11.2. The Morgan fingerprint density at radius 1 is 1.09 bits per heavy atom. The Balaban J connectivity index is 2.33. The van der Waals surface area contributed by atoms with Crippen molar-refractivity contribution in [3.8, 4) is 22.8 Å². The fourth-order valence-electron chi connectivity index (χ4n) is 2.01. The molecule has 6 heteroatoms. The van der Waals surface area contributed by atoms with E-state index in [0.717, 1.165) is 11.1 Å². The Hall–Kier alpha value is -2.60. The van der Waals surface area contributed by atoms with Crippen molar-refractivity contribution in [2.75, 3.05) is 27.6 Å². The largest absolute Gasteiger partial charge is 0.478 e. The molecule has 0 spiro atoms. The molecule has 0 aliphatic rings. The summed E-state index contributed by atoms with van der Waals surface area (Å²) in [6, 6.07) is 8.91. The van der Waals surface area contributed by atoms with Gasteiger partial charge in [0.1, 0.15) is 11.3 Å². The fourth-order valence-corrected chi connectivity index (χ4v) is 2.01. The molecule has 1 heterocycles. The summed E-state index contributed by atoms with van der Waals surface area (Å²) in [7, 11) is 2.84. The molecule has 0 fully saturated rings. The first-order valence-corrected chi connectivity index (χ1v) is 7.13. The standard InChI is InChI=1S/C17H19NO5/c1-4-22-16-8-6-13(10-18-16)12-5-7-14(17(19)21-3)15(9-12)23-11-20-2/h5-10H,4,11H2,1-3H3. The van der Waals surface area contributed by atoms with Crippen LogP contribution in [0.25, 0.3) is 11.1 Å². The van der Waals surface area contributed by atoms with E-state index in [9.17, 15) is 4.79 Å². The fraction of sp³-hybridized carbons (Fsp3) is 0.294. The van der Waals surface area contributed by atoms with Gasteiger partial charge in [0, 0.05) is 24.9 Å². The van der Waals surface area contributed by atoms with Crippen molar-refractivity contribution >= 4 is 5.97 Å². The lowest BCUT2D eigenvalue weighted by atomic mass is 10.0. The average molecular weight is 317 g/mol. The van der Waals surface area contributed by atoms with Crippen molar-refractivity contribution in [3.05, 3.63) is 42.1 Å². The molecule has 0 unspecified atom stereocenters. The van der Waals surface area contributed by atoms with Crippen molar-refractivity contribution in [3.63, 3.8) is 0 Å². The monoisotopic (exact) mass is 317 g/mol. The SMILES string of the molecule is CCOc1ccc(-c2ccc(C(=O)OC)c(OCOC)c2)cn1. The van der Waals surface area contributed by atoms with Crippen molar-refractivity contribution in [1.82, 2.24) is 4.98 Å². The highest BCUT2D eigenvalue weighted by atomic mass is 16.7. The van der Waals surface area contributed by atoms with Gasteiger partial charge in [-0.2, -0.15) is 0 Å². The summed E-state index contributed by atoms with van der Waals surface area (Å²) in [4.78, 5) is 16.0. The summed E-state index contributed by atoms with van der Waals surface area (Å²) < 4.78 is 20.4. The zero-order chi connectivity index (χ0) is 16.7. The van der Waals surface area contributed by atoms with Gasteiger partial charge in [-0.1, -0.05) is 6.07 Å². The molecule has 0 aliphatic heterocycles. The maximum absolute atomic E-state index is 11.8. The minimum Gasteiger partial charge on any atom is -0.478 e. The first kappa shape index (κ1) is 16.8. The summed E-state index contributed by atoms with van der Waals surface area (Å²) in [5, 5.41) is 0. The van der Waals surface area contributed by atoms with Crippen molar-refractivity contribution in [2.45, 2.75) is 6.92 Å². The third-order valence-electron chi connectivity index (χ3n) is 3.08. The summed E-state index contributed by atoms with van der Waals surface area (Å²) in [5.74, 6) is 0.496. The van der Waals surface area contributed by atoms with Crippen molar-refractivity contribution in [2.24, 2.45) is 0 Å². The van der Waals surface area contributed by atoms with Gasteiger partial charge in [0.2, 0.25) is 5.88 Å². The molecule has 1 aromatic heterocycles. The van der Waals surface area contributed by atoms with Crippen LogP contribution in [0.1, 0.15) is 17.3 Å². The minimum absolute atomic E-state index is 0.0367. The molecule has 23 heavy (non-hydrogen) atoms. The number of rotatable bonds is 7. The van der Waals surface area contributed by atoms with Crippen LogP contribution < -0.4 is 9.47 Å². The van der Waals surface area contributed by atoms with Crippen LogP contribution in [0, 0.1) is 0 Å². The molecule has 0 bridgehead atoms. The third kappa shape index (κ3) is 4.20. The van der Waals surface area contributed by atoms with E-state index in [0.29, 0.717) is 23.8 Å². The first-order valence-electron chi connectivity index (χ1n) is 7.13. The van der Waals surface area contributed by atoms with Crippen LogP contribution in [0.2, 0.25) is 0 Å². The number of ether oxygens (including phenoxy) is 4. The Morgan fingerprint density at radius 3 is 2.48 bits per heavy atom. The predicted molar refractivity (Wildman–Crippen MR) is 84.7 cm³/mol. The van der Waals surface area contributed by atoms with Gasteiger partial charge in [-0.05, 0) is 30.7 Å².